The number of carbonyl (C=O) groups excluding carboxylic acids is 1. The zero-order valence-corrected chi connectivity index (χ0v) is 16.3. The summed E-state index contributed by atoms with van der Waals surface area (Å²) in [6.45, 7) is 1.10. The smallest absolute Gasteiger partial charge is 0.237 e. The van der Waals surface area contributed by atoms with E-state index in [-0.39, 0.29) is 35.6 Å². The van der Waals surface area contributed by atoms with Crippen LogP contribution in [0.3, 0.4) is 0 Å². The van der Waals surface area contributed by atoms with Crippen LogP contribution in [0.25, 0.3) is 0 Å². The van der Waals surface area contributed by atoms with E-state index >= 15 is 0 Å². The van der Waals surface area contributed by atoms with E-state index in [1.54, 1.807) is 4.31 Å². The van der Waals surface area contributed by atoms with Crippen LogP contribution in [0.2, 0.25) is 0 Å². The van der Waals surface area contributed by atoms with Gasteiger partial charge in [-0.15, -0.1) is 12.4 Å². The van der Waals surface area contributed by atoms with Gasteiger partial charge >= 0.3 is 0 Å². The standard InChI is InChI=1S/C17H29N3O3S.ClH/c21-17(16-11-12-3-1-2-4-15(12)19-16)18-13-7-9-20(10-8-13)24(22,23)14-5-6-14;/h12-16,19H,1-11H2,(H,18,21);1H. The van der Waals surface area contributed by atoms with E-state index < -0.39 is 10.0 Å². The number of nitrogens with zero attached hydrogens (tertiary/aromatic N) is 1. The van der Waals surface area contributed by atoms with Crippen molar-refractivity contribution in [1.82, 2.24) is 14.9 Å². The highest BCUT2D eigenvalue weighted by Gasteiger charge is 2.42. The maximum Gasteiger partial charge on any atom is 0.237 e. The molecule has 1 amide bonds. The van der Waals surface area contributed by atoms with Crippen LogP contribution < -0.4 is 10.6 Å². The molecule has 6 nitrogen and oxygen atoms in total. The number of sulfonamides is 1. The molecule has 0 aromatic heterocycles. The van der Waals surface area contributed by atoms with E-state index in [0.29, 0.717) is 25.0 Å². The Morgan fingerprint density at radius 3 is 2.32 bits per heavy atom. The maximum absolute atomic E-state index is 12.5. The summed E-state index contributed by atoms with van der Waals surface area (Å²) in [5.41, 5.74) is 0. The Kier molecular flexibility index (Phi) is 5.98. The van der Waals surface area contributed by atoms with Gasteiger partial charge in [-0.05, 0) is 50.9 Å². The maximum atomic E-state index is 12.5. The van der Waals surface area contributed by atoms with Crippen molar-refractivity contribution in [2.75, 3.05) is 13.1 Å². The van der Waals surface area contributed by atoms with E-state index in [2.05, 4.69) is 10.6 Å². The van der Waals surface area contributed by atoms with E-state index in [0.717, 1.165) is 32.1 Å². The van der Waals surface area contributed by atoms with Gasteiger partial charge in [0, 0.05) is 25.2 Å². The zero-order chi connectivity index (χ0) is 16.7. The second kappa shape index (κ2) is 7.71. The molecule has 2 aliphatic carbocycles. The third-order valence-corrected chi connectivity index (χ3v) is 8.68. The number of halogens is 1. The third-order valence-electron chi connectivity index (χ3n) is 6.29. The van der Waals surface area contributed by atoms with Crippen molar-refractivity contribution in [3.8, 4) is 0 Å². The highest BCUT2D eigenvalue weighted by Crippen LogP contribution is 2.34. The zero-order valence-electron chi connectivity index (χ0n) is 14.7. The number of hydrogen-bond donors (Lipinski definition) is 2. The number of rotatable bonds is 4. The van der Waals surface area contributed by atoms with Crippen LogP contribution in [0, 0.1) is 5.92 Å². The first-order chi connectivity index (χ1) is 11.5. The summed E-state index contributed by atoms with van der Waals surface area (Å²) in [7, 11) is -3.06. The Morgan fingerprint density at radius 1 is 1.00 bits per heavy atom. The molecule has 2 N–H and O–H groups in total. The molecule has 0 spiro atoms. The summed E-state index contributed by atoms with van der Waals surface area (Å²) in [5, 5.41) is 6.55. The molecule has 3 atom stereocenters. The van der Waals surface area contributed by atoms with Gasteiger partial charge < -0.3 is 10.6 Å². The van der Waals surface area contributed by atoms with Crippen molar-refractivity contribution in [2.45, 2.75) is 81.2 Å². The van der Waals surface area contributed by atoms with Gasteiger partial charge in [0.25, 0.3) is 0 Å². The molecule has 0 radical (unpaired) electrons. The largest absolute Gasteiger partial charge is 0.352 e. The number of carbonyl (C=O) groups is 1. The second-order valence-electron chi connectivity index (χ2n) is 8.03. The normalized spacial score (nSPS) is 34.2. The van der Waals surface area contributed by atoms with Crippen LogP contribution >= 0.6 is 12.4 Å². The molecule has 3 unspecified atom stereocenters. The summed E-state index contributed by atoms with van der Waals surface area (Å²) in [6.07, 6.45) is 9.08. The Bertz CT molecular complexity index is 574. The summed E-state index contributed by atoms with van der Waals surface area (Å²) in [6, 6.07) is 0.596. The average Bonchev–Trinajstić information content (AvgIpc) is 3.35. The molecule has 0 aromatic rings. The predicted molar refractivity (Wildman–Crippen MR) is 99.2 cm³/mol. The van der Waals surface area contributed by atoms with Crippen LogP contribution in [0.5, 0.6) is 0 Å². The molecular weight excluding hydrogens is 362 g/mol. The molecule has 2 saturated heterocycles. The first kappa shape index (κ1) is 19.4. The van der Waals surface area contributed by atoms with Crippen molar-refractivity contribution in [1.29, 1.82) is 0 Å². The van der Waals surface area contributed by atoms with Crippen molar-refractivity contribution in [2.24, 2.45) is 5.92 Å². The minimum absolute atomic E-state index is 0. The lowest BCUT2D eigenvalue weighted by molar-refractivity contribution is -0.123. The van der Waals surface area contributed by atoms with Crippen LogP contribution in [0.4, 0.5) is 0 Å². The number of hydrogen-bond acceptors (Lipinski definition) is 4. The highest BCUT2D eigenvalue weighted by atomic mass is 35.5. The topological polar surface area (TPSA) is 78.5 Å². The molecule has 4 fully saturated rings. The first-order valence-corrected chi connectivity index (χ1v) is 11.1. The first-order valence-electron chi connectivity index (χ1n) is 9.59. The predicted octanol–water partition coefficient (Wildman–Crippen LogP) is 1.40. The van der Waals surface area contributed by atoms with Gasteiger partial charge in [0.1, 0.15) is 0 Å². The molecule has 0 aromatic carbocycles. The van der Waals surface area contributed by atoms with E-state index in [4.69, 9.17) is 0 Å². The van der Waals surface area contributed by atoms with Gasteiger partial charge in [-0.3, -0.25) is 4.79 Å². The Morgan fingerprint density at radius 2 is 1.68 bits per heavy atom. The molecule has 8 heteroatoms. The van der Waals surface area contributed by atoms with Gasteiger partial charge in [0.15, 0.2) is 0 Å². The lowest BCUT2D eigenvalue weighted by atomic mass is 9.85. The molecule has 4 aliphatic rings. The van der Waals surface area contributed by atoms with Crippen LogP contribution in [0.1, 0.15) is 57.8 Å². The van der Waals surface area contributed by atoms with Gasteiger partial charge in [-0.1, -0.05) is 12.8 Å². The Hall–Kier alpha value is -0.370. The van der Waals surface area contributed by atoms with Crippen LogP contribution in [-0.2, 0) is 14.8 Å². The van der Waals surface area contributed by atoms with Gasteiger partial charge in [-0.25, -0.2) is 12.7 Å². The fraction of sp³-hybridized carbons (Fsp3) is 0.941. The van der Waals surface area contributed by atoms with Crippen molar-refractivity contribution < 1.29 is 13.2 Å². The molecular formula is C17H30ClN3O3S. The summed E-state index contributed by atoms with van der Waals surface area (Å²) in [4.78, 5) is 12.5. The molecule has 2 heterocycles. The van der Waals surface area contributed by atoms with Crippen LogP contribution in [-0.4, -0.2) is 55.1 Å². The minimum Gasteiger partial charge on any atom is -0.352 e. The molecule has 2 saturated carbocycles. The van der Waals surface area contributed by atoms with Gasteiger partial charge in [-0.2, -0.15) is 0 Å². The second-order valence-corrected chi connectivity index (χ2v) is 10.2. The molecule has 2 aliphatic heterocycles. The summed E-state index contributed by atoms with van der Waals surface area (Å²) < 4.78 is 26.2. The minimum atomic E-state index is -3.06. The molecule has 25 heavy (non-hydrogen) atoms. The Labute approximate surface area is 156 Å². The summed E-state index contributed by atoms with van der Waals surface area (Å²) >= 11 is 0. The number of fused-ring (bicyclic) bond motifs is 1. The van der Waals surface area contributed by atoms with E-state index in [1.165, 1.54) is 25.7 Å². The highest BCUT2D eigenvalue weighted by molar-refractivity contribution is 7.90. The lowest BCUT2D eigenvalue weighted by Crippen LogP contribution is -2.51. The Balaban J connectivity index is 0.00000182. The average molecular weight is 392 g/mol. The monoisotopic (exact) mass is 391 g/mol. The fourth-order valence-corrected chi connectivity index (χ4v) is 6.53. The van der Waals surface area contributed by atoms with Crippen molar-refractivity contribution in [3.63, 3.8) is 0 Å². The number of nitrogens with one attached hydrogen (secondary N) is 2. The van der Waals surface area contributed by atoms with Crippen molar-refractivity contribution >= 4 is 28.3 Å². The van der Waals surface area contributed by atoms with Gasteiger partial charge in [0.2, 0.25) is 15.9 Å². The number of piperidine rings is 1. The van der Waals surface area contributed by atoms with E-state index in [9.17, 15) is 13.2 Å². The van der Waals surface area contributed by atoms with Crippen LogP contribution in [0.15, 0.2) is 0 Å². The molecule has 144 valence electrons. The van der Waals surface area contributed by atoms with Gasteiger partial charge in [0.05, 0.1) is 11.3 Å². The molecule has 0 bridgehead atoms. The SMILES string of the molecule is Cl.O=C(NC1CCN(S(=O)(=O)C2CC2)CC1)C1CC2CCCCC2N1. The summed E-state index contributed by atoms with van der Waals surface area (Å²) in [5.74, 6) is 0.785. The van der Waals surface area contributed by atoms with Crippen molar-refractivity contribution in [3.05, 3.63) is 0 Å². The quantitative estimate of drug-likeness (QED) is 0.759. The van der Waals surface area contributed by atoms with E-state index in [1.807, 2.05) is 0 Å². The number of amides is 1. The third kappa shape index (κ3) is 4.15. The molecule has 4 rings (SSSR count). The fourth-order valence-electron chi connectivity index (χ4n) is 4.65. The lowest BCUT2D eigenvalue weighted by Gasteiger charge is -2.32.